The lowest BCUT2D eigenvalue weighted by Gasteiger charge is -2.38. The van der Waals surface area contributed by atoms with Gasteiger partial charge in [0, 0.05) is 50.5 Å². The van der Waals surface area contributed by atoms with E-state index in [0.717, 1.165) is 58.4 Å². The van der Waals surface area contributed by atoms with Crippen LogP contribution in [0.5, 0.6) is 0 Å². The number of thioether (sulfide) groups is 1. The molecule has 184 valence electrons. The van der Waals surface area contributed by atoms with E-state index in [4.69, 9.17) is 0 Å². The lowest BCUT2D eigenvalue weighted by atomic mass is 9.76. The Balaban J connectivity index is 0.00000306. The maximum absolute atomic E-state index is 12.6. The van der Waals surface area contributed by atoms with Crippen molar-refractivity contribution in [1.29, 1.82) is 0 Å². The molecule has 2 amide bonds. The topological polar surface area (TPSA) is 43.9 Å². The summed E-state index contributed by atoms with van der Waals surface area (Å²) in [5.41, 5.74) is 1.39. The van der Waals surface area contributed by atoms with Gasteiger partial charge in [-0.15, -0.1) is 24.2 Å². The van der Waals surface area contributed by atoms with Crippen molar-refractivity contribution in [2.45, 2.75) is 69.6 Å². The smallest absolute Gasteiger partial charge is 0.229 e. The number of imide groups is 1. The molecule has 4 rings (SSSR count). The molecular formula is C26H40ClN3O2S. The summed E-state index contributed by atoms with van der Waals surface area (Å²) in [5, 5.41) is 0. The van der Waals surface area contributed by atoms with Crippen LogP contribution in [0.25, 0.3) is 0 Å². The predicted octanol–water partition coefficient (Wildman–Crippen LogP) is 5.22. The molecule has 1 aromatic rings. The van der Waals surface area contributed by atoms with E-state index < -0.39 is 0 Å². The molecule has 0 radical (unpaired) electrons. The number of hydrogen-bond acceptors (Lipinski definition) is 5. The second-order valence-electron chi connectivity index (χ2n) is 9.85. The molecule has 1 saturated carbocycles. The third kappa shape index (κ3) is 6.67. The van der Waals surface area contributed by atoms with Crippen molar-refractivity contribution in [2.24, 2.45) is 5.41 Å². The first-order valence-corrected chi connectivity index (χ1v) is 13.6. The normalized spacial score (nSPS) is 21.0. The zero-order chi connectivity index (χ0) is 22.4. The second-order valence-corrected chi connectivity index (χ2v) is 11.0. The van der Waals surface area contributed by atoms with Crippen LogP contribution < -0.4 is 4.90 Å². The number of amides is 2. The van der Waals surface area contributed by atoms with E-state index in [2.05, 4.69) is 41.0 Å². The predicted molar refractivity (Wildman–Crippen MR) is 139 cm³/mol. The van der Waals surface area contributed by atoms with Gasteiger partial charge in [0.2, 0.25) is 11.8 Å². The zero-order valence-corrected chi connectivity index (χ0v) is 21.7. The molecule has 2 heterocycles. The third-order valence-corrected chi connectivity index (χ3v) is 8.73. The van der Waals surface area contributed by atoms with Crippen molar-refractivity contribution >= 4 is 41.7 Å². The highest BCUT2D eigenvalue weighted by Crippen LogP contribution is 2.46. The number of unbranched alkanes of at least 4 members (excludes halogenated alkanes) is 1. The summed E-state index contributed by atoms with van der Waals surface area (Å²) in [5.74, 6) is 1.33. The van der Waals surface area contributed by atoms with Crippen LogP contribution in [0, 0.1) is 5.41 Å². The Morgan fingerprint density at radius 3 is 2.21 bits per heavy atom. The Bertz CT molecular complexity index is 771. The maximum Gasteiger partial charge on any atom is 0.229 e. The van der Waals surface area contributed by atoms with Gasteiger partial charge >= 0.3 is 0 Å². The van der Waals surface area contributed by atoms with Crippen molar-refractivity contribution in [3.05, 3.63) is 24.3 Å². The number of para-hydroxylation sites is 1. The minimum Gasteiger partial charge on any atom is -0.368 e. The van der Waals surface area contributed by atoms with Crippen molar-refractivity contribution in [3.63, 3.8) is 0 Å². The Hall–Kier alpha value is -1.24. The third-order valence-electron chi connectivity index (χ3n) is 7.46. The standard InChI is InChI=1S/C26H39N3O2S.ClH/c1-2-19-32-23-10-4-3-9-22(23)28-17-15-27(16-18-28)13-7-8-14-29-24(30)20-26(21-25(29)31)11-5-6-12-26;/h3-4,9-10H,2,5-8,11-21H2,1H3;1H. The van der Waals surface area contributed by atoms with Crippen LogP contribution in [0.2, 0.25) is 0 Å². The molecule has 5 nitrogen and oxygen atoms in total. The Kier molecular flexibility index (Phi) is 9.95. The summed E-state index contributed by atoms with van der Waals surface area (Å²) in [6, 6.07) is 8.80. The number of anilines is 1. The second kappa shape index (κ2) is 12.5. The Morgan fingerprint density at radius 2 is 1.55 bits per heavy atom. The highest BCUT2D eigenvalue weighted by Gasteiger charge is 2.44. The lowest BCUT2D eigenvalue weighted by molar-refractivity contribution is -0.153. The summed E-state index contributed by atoms with van der Waals surface area (Å²) in [6.07, 6.45) is 8.83. The van der Waals surface area contributed by atoms with Crippen LogP contribution in [0.4, 0.5) is 5.69 Å². The molecule has 2 aliphatic heterocycles. The van der Waals surface area contributed by atoms with Crippen LogP contribution in [0.1, 0.15) is 64.7 Å². The number of halogens is 1. The van der Waals surface area contributed by atoms with Gasteiger partial charge in [-0.05, 0) is 61.9 Å². The highest BCUT2D eigenvalue weighted by atomic mass is 35.5. The summed E-state index contributed by atoms with van der Waals surface area (Å²) < 4.78 is 0. The van der Waals surface area contributed by atoms with E-state index >= 15 is 0 Å². The fourth-order valence-electron chi connectivity index (χ4n) is 5.63. The molecule has 1 spiro atoms. The summed E-state index contributed by atoms with van der Waals surface area (Å²) in [4.78, 5) is 33.2. The van der Waals surface area contributed by atoms with Gasteiger partial charge in [-0.1, -0.05) is 31.9 Å². The molecular weight excluding hydrogens is 454 g/mol. The van der Waals surface area contributed by atoms with Gasteiger partial charge in [0.1, 0.15) is 0 Å². The number of carbonyl (C=O) groups is 2. The first kappa shape index (κ1) is 26.4. The van der Waals surface area contributed by atoms with E-state index in [9.17, 15) is 9.59 Å². The SMILES string of the molecule is CCCSc1ccccc1N1CCN(CCCCN2C(=O)CC3(CCCC3)CC2=O)CC1.Cl. The Labute approximate surface area is 210 Å². The van der Waals surface area contributed by atoms with E-state index in [1.807, 2.05) is 11.8 Å². The zero-order valence-electron chi connectivity index (χ0n) is 20.1. The van der Waals surface area contributed by atoms with Gasteiger partial charge in [-0.2, -0.15) is 0 Å². The van der Waals surface area contributed by atoms with Crippen LogP contribution in [-0.4, -0.2) is 66.6 Å². The van der Waals surface area contributed by atoms with E-state index in [0.29, 0.717) is 19.4 Å². The van der Waals surface area contributed by atoms with E-state index in [-0.39, 0.29) is 29.6 Å². The molecule has 0 bridgehead atoms. The number of likely N-dealkylation sites (tertiary alicyclic amines) is 1. The van der Waals surface area contributed by atoms with Crippen molar-refractivity contribution in [2.75, 3.05) is 49.9 Å². The van der Waals surface area contributed by atoms with Crippen LogP contribution in [0.15, 0.2) is 29.2 Å². The maximum atomic E-state index is 12.6. The summed E-state index contributed by atoms with van der Waals surface area (Å²) in [6.45, 7) is 8.19. The molecule has 0 N–H and O–H groups in total. The highest BCUT2D eigenvalue weighted by molar-refractivity contribution is 7.99. The van der Waals surface area contributed by atoms with Gasteiger partial charge in [-0.25, -0.2) is 0 Å². The number of nitrogens with zero attached hydrogens (tertiary/aromatic N) is 3. The Morgan fingerprint density at radius 1 is 0.909 bits per heavy atom. The molecule has 0 atom stereocenters. The van der Waals surface area contributed by atoms with Crippen molar-refractivity contribution in [3.8, 4) is 0 Å². The number of hydrogen-bond donors (Lipinski definition) is 0. The van der Waals surface area contributed by atoms with Gasteiger partial charge < -0.3 is 4.90 Å². The van der Waals surface area contributed by atoms with Crippen LogP contribution >= 0.6 is 24.2 Å². The number of rotatable bonds is 9. The van der Waals surface area contributed by atoms with E-state index in [1.54, 1.807) is 4.90 Å². The first-order chi connectivity index (χ1) is 15.6. The molecule has 1 aromatic carbocycles. The largest absolute Gasteiger partial charge is 0.368 e. The molecule has 3 aliphatic rings. The van der Waals surface area contributed by atoms with Crippen LogP contribution in [-0.2, 0) is 9.59 Å². The molecule has 3 fully saturated rings. The summed E-state index contributed by atoms with van der Waals surface area (Å²) >= 11 is 1.96. The van der Waals surface area contributed by atoms with Gasteiger partial charge in [0.15, 0.2) is 0 Å². The lowest BCUT2D eigenvalue weighted by Crippen LogP contribution is -2.48. The minimum absolute atomic E-state index is 0. The van der Waals surface area contributed by atoms with Crippen molar-refractivity contribution in [1.82, 2.24) is 9.80 Å². The van der Waals surface area contributed by atoms with Crippen molar-refractivity contribution < 1.29 is 9.59 Å². The molecule has 33 heavy (non-hydrogen) atoms. The summed E-state index contributed by atoms with van der Waals surface area (Å²) in [7, 11) is 0. The molecule has 7 heteroatoms. The van der Waals surface area contributed by atoms with Gasteiger partial charge in [0.25, 0.3) is 0 Å². The fourth-order valence-corrected chi connectivity index (χ4v) is 6.58. The fraction of sp³-hybridized carbons (Fsp3) is 0.692. The minimum atomic E-state index is 0. The average molecular weight is 494 g/mol. The monoisotopic (exact) mass is 493 g/mol. The van der Waals surface area contributed by atoms with Crippen LogP contribution in [0.3, 0.4) is 0 Å². The molecule has 0 unspecified atom stereocenters. The average Bonchev–Trinajstić information content (AvgIpc) is 3.24. The molecule has 1 aliphatic carbocycles. The van der Waals surface area contributed by atoms with E-state index in [1.165, 1.54) is 35.6 Å². The number of benzene rings is 1. The number of piperidine rings is 1. The number of carbonyl (C=O) groups excluding carboxylic acids is 2. The first-order valence-electron chi connectivity index (χ1n) is 12.6. The van der Waals surface area contributed by atoms with Gasteiger partial charge in [0.05, 0.1) is 5.69 Å². The quantitative estimate of drug-likeness (QED) is 0.268. The number of piperazine rings is 1. The molecule has 0 aromatic heterocycles. The van der Waals surface area contributed by atoms with Gasteiger partial charge in [-0.3, -0.25) is 19.4 Å². The molecule has 2 saturated heterocycles.